The number of carbonyl (C=O) groups excluding carboxylic acids is 1. The highest BCUT2D eigenvalue weighted by atomic mass is 16.2. The molecule has 2 heterocycles. The molecule has 0 N–H and O–H groups in total. The third-order valence-electron chi connectivity index (χ3n) is 9.23. The van der Waals surface area contributed by atoms with Crippen LogP contribution in [0.2, 0.25) is 0 Å². The van der Waals surface area contributed by atoms with Crippen LogP contribution in [0.3, 0.4) is 0 Å². The molecular formula is C44H39N3O. The lowest BCUT2D eigenvalue weighted by Crippen LogP contribution is -2.27. The summed E-state index contributed by atoms with van der Waals surface area (Å²) in [4.78, 5) is 25.1. The lowest BCUT2D eigenvalue weighted by atomic mass is 9.84. The van der Waals surface area contributed by atoms with E-state index in [1.165, 1.54) is 22.3 Å². The fraction of sp³-hybridized carbons (Fsp3) is 0.159. The van der Waals surface area contributed by atoms with Gasteiger partial charge in [-0.1, -0.05) is 107 Å². The third kappa shape index (κ3) is 5.75. The van der Waals surface area contributed by atoms with E-state index in [1.807, 2.05) is 25.4 Å². The van der Waals surface area contributed by atoms with Crippen LogP contribution in [0.25, 0.3) is 44.6 Å². The molecule has 0 saturated heterocycles. The maximum Gasteiger partial charge on any atom is 0.248 e. The van der Waals surface area contributed by atoms with Gasteiger partial charge in [-0.05, 0) is 97.8 Å². The molecule has 4 nitrogen and oxygen atoms in total. The summed E-state index contributed by atoms with van der Waals surface area (Å²) in [6, 6.07) is 38.7. The van der Waals surface area contributed by atoms with Gasteiger partial charge in [0.25, 0.3) is 0 Å². The van der Waals surface area contributed by atoms with Crippen LogP contribution in [0.15, 0.2) is 120 Å². The van der Waals surface area contributed by atoms with Gasteiger partial charge in [0, 0.05) is 29.9 Å². The molecule has 7 rings (SSSR count). The zero-order chi connectivity index (χ0) is 33.5. The molecule has 4 heteroatoms. The van der Waals surface area contributed by atoms with Crippen molar-refractivity contribution in [3.63, 3.8) is 0 Å². The van der Waals surface area contributed by atoms with Crippen LogP contribution < -0.4 is 4.90 Å². The Morgan fingerprint density at radius 1 is 0.562 bits per heavy atom. The summed E-state index contributed by atoms with van der Waals surface area (Å²) in [6.45, 7) is 10.8. The Morgan fingerprint density at radius 3 is 1.73 bits per heavy atom. The van der Waals surface area contributed by atoms with Crippen LogP contribution in [-0.2, 0) is 4.79 Å². The van der Waals surface area contributed by atoms with E-state index in [4.69, 9.17) is 9.98 Å². The average Bonchev–Trinajstić information content (AvgIpc) is 3.19. The van der Waals surface area contributed by atoms with E-state index < -0.39 is 0 Å². The second kappa shape index (κ2) is 12.5. The number of aliphatic imine (C=N–C) groups is 1. The number of hydrogen-bond acceptors (Lipinski definition) is 3. The summed E-state index contributed by atoms with van der Waals surface area (Å²) in [5.41, 5.74) is 18.2. The maximum atomic E-state index is 13.5. The Morgan fingerprint density at radius 2 is 1.15 bits per heavy atom. The van der Waals surface area contributed by atoms with E-state index in [0.29, 0.717) is 0 Å². The Balaban J connectivity index is 1.54. The zero-order valence-electron chi connectivity index (χ0n) is 28.4. The van der Waals surface area contributed by atoms with Gasteiger partial charge in [-0.3, -0.25) is 14.8 Å². The molecule has 1 aliphatic rings. The van der Waals surface area contributed by atoms with E-state index in [0.717, 1.165) is 72.7 Å². The highest BCUT2D eigenvalue weighted by molar-refractivity contribution is 6.25. The molecule has 0 aliphatic carbocycles. The summed E-state index contributed by atoms with van der Waals surface area (Å²) in [5.74, 6) is -0.0411. The Labute approximate surface area is 283 Å². The number of benzodiazepines with no additional fused rings is 1. The topological polar surface area (TPSA) is 45.6 Å². The number of pyridine rings is 1. The zero-order valence-corrected chi connectivity index (χ0v) is 28.4. The van der Waals surface area contributed by atoms with Crippen molar-refractivity contribution < 1.29 is 4.79 Å². The number of likely N-dealkylation sites (N-methyl/N-ethyl adjacent to an activating group) is 1. The number of anilines is 1. The van der Waals surface area contributed by atoms with Gasteiger partial charge in [0.15, 0.2) is 0 Å². The van der Waals surface area contributed by atoms with Crippen molar-refractivity contribution in [2.75, 3.05) is 18.5 Å². The molecule has 6 aromatic rings. The van der Waals surface area contributed by atoms with Gasteiger partial charge in [-0.15, -0.1) is 0 Å². The van der Waals surface area contributed by atoms with Crippen molar-refractivity contribution >= 4 is 17.3 Å². The van der Waals surface area contributed by atoms with Gasteiger partial charge in [0.2, 0.25) is 5.91 Å². The molecule has 0 saturated carbocycles. The number of hydrogen-bond donors (Lipinski definition) is 0. The smallest absolute Gasteiger partial charge is 0.248 e. The first kappa shape index (κ1) is 31.0. The second-order valence-corrected chi connectivity index (χ2v) is 13.0. The molecule has 0 unspecified atom stereocenters. The predicted molar refractivity (Wildman–Crippen MR) is 200 cm³/mol. The van der Waals surface area contributed by atoms with Crippen molar-refractivity contribution in [2.24, 2.45) is 4.99 Å². The van der Waals surface area contributed by atoms with E-state index in [2.05, 4.69) is 132 Å². The summed E-state index contributed by atoms with van der Waals surface area (Å²) in [6.07, 6.45) is 1.84. The molecule has 0 bridgehead atoms. The van der Waals surface area contributed by atoms with Crippen LogP contribution in [-0.4, -0.2) is 30.2 Å². The summed E-state index contributed by atoms with van der Waals surface area (Å²) >= 11 is 0. The van der Waals surface area contributed by atoms with Gasteiger partial charge >= 0.3 is 0 Å². The molecule has 48 heavy (non-hydrogen) atoms. The molecule has 0 spiro atoms. The number of rotatable bonds is 5. The quantitative estimate of drug-likeness (QED) is 0.191. The Bertz CT molecular complexity index is 2140. The second-order valence-electron chi connectivity index (χ2n) is 13.0. The minimum atomic E-state index is -0.0411. The summed E-state index contributed by atoms with van der Waals surface area (Å²) in [7, 11) is 1.85. The van der Waals surface area contributed by atoms with E-state index in [-0.39, 0.29) is 12.5 Å². The van der Waals surface area contributed by atoms with Crippen molar-refractivity contribution in [2.45, 2.75) is 34.6 Å². The number of amides is 1. The van der Waals surface area contributed by atoms with Gasteiger partial charge < -0.3 is 4.90 Å². The number of benzene rings is 5. The van der Waals surface area contributed by atoms with Gasteiger partial charge in [0.05, 0.1) is 17.1 Å². The van der Waals surface area contributed by atoms with Crippen molar-refractivity contribution in [3.8, 4) is 44.6 Å². The van der Waals surface area contributed by atoms with Crippen molar-refractivity contribution in [3.05, 3.63) is 154 Å². The molecule has 1 aliphatic heterocycles. The molecular weight excluding hydrogens is 587 g/mol. The number of carbonyl (C=O) groups is 1. The standard InChI is InChI=1S/C44H39N3O/c1-27-19-28(2)22-33(21-27)36-13-10-14-37(34-23-29(3)20-30(4)24-34)43(36)44-38-25-32(16-17-40(38)47(6)41(48)26-46-44)35-12-9-11-31(5)42(35)39-15-7-8-18-45-39/h7-25H,26H2,1-6H3. The van der Waals surface area contributed by atoms with E-state index in [1.54, 1.807) is 4.90 Å². The van der Waals surface area contributed by atoms with Gasteiger partial charge in [-0.25, -0.2) is 0 Å². The molecule has 0 atom stereocenters. The minimum absolute atomic E-state index is 0.0411. The summed E-state index contributed by atoms with van der Waals surface area (Å²) < 4.78 is 0. The summed E-state index contributed by atoms with van der Waals surface area (Å²) in [5, 5.41) is 0. The van der Waals surface area contributed by atoms with Crippen LogP contribution in [0.5, 0.6) is 0 Å². The van der Waals surface area contributed by atoms with Crippen LogP contribution in [0.1, 0.15) is 38.9 Å². The van der Waals surface area contributed by atoms with Gasteiger partial charge in [0.1, 0.15) is 6.54 Å². The number of nitrogens with zero attached hydrogens (tertiary/aromatic N) is 3. The number of aromatic nitrogens is 1. The average molecular weight is 626 g/mol. The van der Waals surface area contributed by atoms with Gasteiger partial charge in [-0.2, -0.15) is 0 Å². The molecule has 1 aromatic heterocycles. The van der Waals surface area contributed by atoms with E-state index in [9.17, 15) is 4.79 Å². The highest BCUT2D eigenvalue weighted by Gasteiger charge is 2.27. The lowest BCUT2D eigenvalue weighted by Gasteiger charge is -2.23. The lowest BCUT2D eigenvalue weighted by molar-refractivity contribution is -0.116. The number of aryl methyl sites for hydroxylation is 5. The SMILES string of the molecule is Cc1cc(C)cc(-c2cccc(-c3cc(C)cc(C)c3)c2C2=NCC(=O)N(C)c3ccc(-c4cccc(C)c4-c4ccccn4)cc32)c1. The van der Waals surface area contributed by atoms with Crippen molar-refractivity contribution in [1.29, 1.82) is 0 Å². The van der Waals surface area contributed by atoms with E-state index >= 15 is 0 Å². The molecule has 5 aromatic carbocycles. The predicted octanol–water partition coefficient (Wildman–Crippen LogP) is 10.1. The first-order valence-electron chi connectivity index (χ1n) is 16.5. The monoisotopic (exact) mass is 625 g/mol. The fourth-order valence-electron chi connectivity index (χ4n) is 7.18. The minimum Gasteiger partial charge on any atom is -0.313 e. The molecule has 1 amide bonds. The number of fused-ring (bicyclic) bond motifs is 1. The maximum absolute atomic E-state index is 13.5. The molecule has 236 valence electrons. The van der Waals surface area contributed by atoms with Crippen LogP contribution >= 0.6 is 0 Å². The van der Waals surface area contributed by atoms with Crippen molar-refractivity contribution in [1.82, 2.24) is 4.98 Å². The third-order valence-corrected chi connectivity index (χ3v) is 9.23. The van der Waals surface area contributed by atoms with Crippen LogP contribution in [0, 0.1) is 34.6 Å². The first-order valence-corrected chi connectivity index (χ1v) is 16.5. The Hall–Kier alpha value is -5.61. The first-order chi connectivity index (χ1) is 23.2. The van der Waals surface area contributed by atoms with Crippen LogP contribution in [0.4, 0.5) is 5.69 Å². The molecule has 0 fully saturated rings. The normalized spacial score (nSPS) is 12.8. The largest absolute Gasteiger partial charge is 0.313 e. The fourth-order valence-corrected chi connectivity index (χ4v) is 7.18. The Kier molecular flexibility index (Phi) is 8.10. The highest BCUT2D eigenvalue weighted by Crippen LogP contribution is 2.41. The molecule has 0 radical (unpaired) electrons.